The molecule has 98 valence electrons. The first-order valence-corrected chi connectivity index (χ1v) is 7.22. The van der Waals surface area contributed by atoms with Crippen molar-refractivity contribution in [1.82, 2.24) is 10.6 Å². The number of halogens is 1. The van der Waals surface area contributed by atoms with Crippen LogP contribution in [0.3, 0.4) is 0 Å². The molecule has 1 aliphatic heterocycles. The summed E-state index contributed by atoms with van der Waals surface area (Å²) in [5, 5.41) is 6.38. The van der Waals surface area contributed by atoms with E-state index in [0.29, 0.717) is 0 Å². The maximum Gasteiger partial charge on any atom is 0.223 e. The van der Waals surface area contributed by atoms with Gasteiger partial charge in [0, 0.05) is 10.4 Å². The molecule has 0 unspecified atom stereocenters. The van der Waals surface area contributed by atoms with Gasteiger partial charge < -0.3 is 10.6 Å². The van der Waals surface area contributed by atoms with Crippen LogP contribution in [0.1, 0.15) is 31.4 Å². The Morgan fingerprint density at radius 3 is 2.56 bits per heavy atom. The Kier molecular flexibility index (Phi) is 4.78. The van der Waals surface area contributed by atoms with E-state index in [1.165, 1.54) is 0 Å². The SMILES string of the molecule is C[C@H](NC(=O)C1CCNCC1)c1ccc(Br)cc1. The topological polar surface area (TPSA) is 41.1 Å². The zero-order valence-electron chi connectivity index (χ0n) is 10.6. The first-order valence-electron chi connectivity index (χ1n) is 6.43. The molecule has 1 amide bonds. The number of rotatable bonds is 3. The molecule has 0 aromatic heterocycles. The Labute approximate surface area is 116 Å². The lowest BCUT2D eigenvalue weighted by Crippen LogP contribution is -2.39. The lowest BCUT2D eigenvalue weighted by molar-refractivity contribution is -0.126. The van der Waals surface area contributed by atoms with Crippen molar-refractivity contribution in [3.63, 3.8) is 0 Å². The van der Waals surface area contributed by atoms with E-state index in [4.69, 9.17) is 0 Å². The monoisotopic (exact) mass is 310 g/mol. The predicted molar refractivity (Wildman–Crippen MR) is 76.3 cm³/mol. The lowest BCUT2D eigenvalue weighted by atomic mass is 9.96. The van der Waals surface area contributed by atoms with Gasteiger partial charge in [0.05, 0.1) is 6.04 Å². The summed E-state index contributed by atoms with van der Waals surface area (Å²) in [5.41, 5.74) is 1.14. The van der Waals surface area contributed by atoms with Gasteiger partial charge in [0.15, 0.2) is 0 Å². The maximum atomic E-state index is 12.1. The van der Waals surface area contributed by atoms with Crippen LogP contribution >= 0.6 is 15.9 Å². The van der Waals surface area contributed by atoms with Crippen LogP contribution in [-0.4, -0.2) is 19.0 Å². The van der Waals surface area contributed by atoms with Gasteiger partial charge in [-0.05, 0) is 50.6 Å². The van der Waals surface area contributed by atoms with Gasteiger partial charge in [-0.2, -0.15) is 0 Å². The Morgan fingerprint density at radius 1 is 1.33 bits per heavy atom. The summed E-state index contributed by atoms with van der Waals surface area (Å²) in [5.74, 6) is 0.357. The van der Waals surface area contributed by atoms with Gasteiger partial charge >= 0.3 is 0 Å². The minimum Gasteiger partial charge on any atom is -0.349 e. The molecule has 4 heteroatoms. The molecule has 2 N–H and O–H groups in total. The van der Waals surface area contributed by atoms with Crippen LogP contribution in [0.25, 0.3) is 0 Å². The summed E-state index contributed by atoms with van der Waals surface area (Å²) in [7, 11) is 0. The number of benzene rings is 1. The van der Waals surface area contributed by atoms with Gasteiger partial charge in [-0.3, -0.25) is 4.79 Å². The second-order valence-corrected chi connectivity index (χ2v) is 5.72. The van der Waals surface area contributed by atoms with Crippen molar-refractivity contribution in [3.05, 3.63) is 34.3 Å². The molecule has 1 aromatic carbocycles. The second kappa shape index (κ2) is 6.34. The molecule has 1 fully saturated rings. The van der Waals surface area contributed by atoms with Crippen molar-refractivity contribution in [1.29, 1.82) is 0 Å². The smallest absolute Gasteiger partial charge is 0.223 e. The number of nitrogens with one attached hydrogen (secondary N) is 2. The van der Waals surface area contributed by atoms with E-state index in [9.17, 15) is 4.79 Å². The Hall–Kier alpha value is -0.870. The lowest BCUT2D eigenvalue weighted by Gasteiger charge is -2.24. The molecule has 1 heterocycles. The van der Waals surface area contributed by atoms with Crippen molar-refractivity contribution in [2.75, 3.05) is 13.1 Å². The van der Waals surface area contributed by atoms with Crippen molar-refractivity contribution in [3.8, 4) is 0 Å². The van der Waals surface area contributed by atoms with E-state index in [0.717, 1.165) is 36.0 Å². The van der Waals surface area contributed by atoms with Gasteiger partial charge in [0.1, 0.15) is 0 Å². The fourth-order valence-corrected chi connectivity index (χ4v) is 2.51. The average Bonchev–Trinajstić information content (AvgIpc) is 2.40. The zero-order valence-corrected chi connectivity index (χ0v) is 12.2. The van der Waals surface area contributed by atoms with Crippen molar-refractivity contribution < 1.29 is 4.79 Å². The van der Waals surface area contributed by atoms with Crippen LogP contribution < -0.4 is 10.6 Å². The highest BCUT2D eigenvalue weighted by atomic mass is 79.9. The first kappa shape index (κ1) is 13.6. The molecule has 0 bridgehead atoms. The minimum atomic E-state index is 0.0699. The number of piperidine rings is 1. The summed E-state index contributed by atoms with van der Waals surface area (Å²) < 4.78 is 1.06. The molecule has 0 radical (unpaired) electrons. The summed E-state index contributed by atoms with van der Waals surface area (Å²) in [6.07, 6.45) is 1.89. The minimum absolute atomic E-state index is 0.0699. The van der Waals surface area contributed by atoms with Gasteiger partial charge in [-0.15, -0.1) is 0 Å². The van der Waals surface area contributed by atoms with E-state index in [1.54, 1.807) is 0 Å². The molecular weight excluding hydrogens is 292 g/mol. The number of carbonyl (C=O) groups excluding carboxylic acids is 1. The van der Waals surface area contributed by atoms with E-state index in [2.05, 4.69) is 26.6 Å². The predicted octanol–water partition coefficient (Wildman–Crippen LogP) is 2.63. The molecular formula is C14H19BrN2O. The third kappa shape index (κ3) is 3.56. The molecule has 0 aliphatic carbocycles. The van der Waals surface area contributed by atoms with Crippen LogP contribution in [0.4, 0.5) is 0 Å². The Balaban J connectivity index is 1.91. The van der Waals surface area contributed by atoms with Crippen molar-refractivity contribution >= 4 is 21.8 Å². The second-order valence-electron chi connectivity index (χ2n) is 4.81. The summed E-state index contributed by atoms with van der Waals surface area (Å²) in [4.78, 5) is 12.1. The molecule has 1 aliphatic rings. The van der Waals surface area contributed by atoms with Crippen LogP contribution in [0.2, 0.25) is 0 Å². The first-order chi connectivity index (χ1) is 8.66. The Bertz CT molecular complexity index is 399. The summed E-state index contributed by atoms with van der Waals surface area (Å²) in [6, 6.07) is 8.15. The van der Waals surface area contributed by atoms with Gasteiger partial charge in [-0.25, -0.2) is 0 Å². The average molecular weight is 311 g/mol. The fraction of sp³-hybridized carbons (Fsp3) is 0.500. The molecule has 1 aromatic rings. The number of amides is 1. The summed E-state index contributed by atoms with van der Waals surface area (Å²) >= 11 is 3.41. The number of hydrogen-bond donors (Lipinski definition) is 2. The van der Waals surface area contributed by atoms with Crippen LogP contribution in [0, 0.1) is 5.92 Å². The highest BCUT2D eigenvalue weighted by Gasteiger charge is 2.22. The normalized spacial score (nSPS) is 18.3. The molecule has 1 saturated heterocycles. The van der Waals surface area contributed by atoms with E-state index >= 15 is 0 Å². The summed E-state index contributed by atoms with van der Waals surface area (Å²) in [6.45, 7) is 3.93. The van der Waals surface area contributed by atoms with Gasteiger partial charge in [0.2, 0.25) is 5.91 Å². The van der Waals surface area contributed by atoms with Gasteiger partial charge in [-0.1, -0.05) is 28.1 Å². The molecule has 0 saturated carbocycles. The van der Waals surface area contributed by atoms with Crippen LogP contribution in [0.5, 0.6) is 0 Å². The van der Waals surface area contributed by atoms with Gasteiger partial charge in [0.25, 0.3) is 0 Å². The molecule has 3 nitrogen and oxygen atoms in total. The molecule has 0 spiro atoms. The van der Waals surface area contributed by atoms with E-state index in [-0.39, 0.29) is 17.9 Å². The Morgan fingerprint density at radius 2 is 1.94 bits per heavy atom. The van der Waals surface area contributed by atoms with E-state index in [1.807, 2.05) is 31.2 Å². The third-order valence-electron chi connectivity index (χ3n) is 3.44. The fourth-order valence-electron chi connectivity index (χ4n) is 2.25. The largest absolute Gasteiger partial charge is 0.349 e. The molecule has 18 heavy (non-hydrogen) atoms. The van der Waals surface area contributed by atoms with Crippen LogP contribution in [0.15, 0.2) is 28.7 Å². The third-order valence-corrected chi connectivity index (χ3v) is 3.97. The standard InChI is InChI=1S/C14H19BrN2O/c1-10(11-2-4-13(15)5-3-11)17-14(18)12-6-8-16-9-7-12/h2-5,10,12,16H,6-9H2,1H3,(H,17,18)/t10-/m0/s1. The zero-order chi connectivity index (χ0) is 13.0. The van der Waals surface area contributed by atoms with Crippen molar-refractivity contribution in [2.45, 2.75) is 25.8 Å². The molecule has 1 atom stereocenters. The number of carbonyl (C=O) groups is 1. The van der Waals surface area contributed by atoms with Crippen LogP contribution in [-0.2, 0) is 4.79 Å². The quantitative estimate of drug-likeness (QED) is 0.901. The molecule has 2 rings (SSSR count). The highest BCUT2D eigenvalue weighted by Crippen LogP contribution is 2.18. The number of hydrogen-bond acceptors (Lipinski definition) is 2. The maximum absolute atomic E-state index is 12.1. The van der Waals surface area contributed by atoms with Crippen molar-refractivity contribution in [2.24, 2.45) is 5.92 Å². The van der Waals surface area contributed by atoms with E-state index < -0.39 is 0 Å². The highest BCUT2D eigenvalue weighted by molar-refractivity contribution is 9.10.